The van der Waals surface area contributed by atoms with Gasteiger partial charge in [-0.3, -0.25) is 4.90 Å². The average molecular weight is 299 g/mol. The van der Waals surface area contributed by atoms with E-state index in [-0.39, 0.29) is 0 Å². The zero-order chi connectivity index (χ0) is 11.8. The van der Waals surface area contributed by atoms with Gasteiger partial charge < -0.3 is 10.2 Å². The summed E-state index contributed by atoms with van der Waals surface area (Å²) in [5.41, 5.74) is 6.23. The van der Waals surface area contributed by atoms with Crippen LogP contribution in [-0.2, 0) is 6.54 Å². The van der Waals surface area contributed by atoms with Gasteiger partial charge in [0.1, 0.15) is 5.76 Å². The van der Waals surface area contributed by atoms with Gasteiger partial charge >= 0.3 is 0 Å². The highest BCUT2D eigenvalue weighted by Gasteiger charge is 2.38. The first-order valence-corrected chi connectivity index (χ1v) is 7.23. The molecule has 2 heterocycles. The Hall–Kier alpha value is -0.320. The second-order valence-electron chi connectivity index (χ2n) is 5.40. The molecule has 3 unspecified atom stereocenters. The second-order valence-corrected chi connectivity index (χ2v) is 6.26. The monoisotopic (exact) mass is 298 g/mol. The van der Waals surface area contributed by atoms with Crippen molar-refractivity contribution in [2.24, 2.45) is 17.6 Å². The van der Waals surface area contributed by atoms with Gasteiger partial charge in [0.25, 0.3) is 0 Å². The van der Waals surface area contributed by atoms with Gasteiger partial charge in [-0.25, -0.2) is 0 Å². The third-order valence-corrected chi connectivity index (χ3v) is 4.99. The quantitative estimate of drug-likeness (QED) is 0.913. The Labute approximate surface area is 110 Å². The molecule has 2 N–H and O–H groups in total. The molecule has 1 saturated carbocycles. The Kier molecular flexibility index (Phi) is 3.28. The molecule has 17 heavy (non-hydrogen) atoms. The molecule has 1 aromatic heterocycles. The summed E-state index contributed by atoms with van der Waals surface area (Å²) in [6.45, 7) is 3.23. The molecule has 3 atom stereocenters. The fraction of sp³-hybridized carbons (Fsp3) is 0.692. The van der Waals surface area contributed by atoms with Crippen LogP contribution in [0.3, 0.4) is 0 Å². The first kappa shape index (κ1) is 11.8. The summed E-state index contributed by atoms with van der Waals surface area (Å²) in [5, 5.41) is 0. The Morgan fingerprint density at radius 2 is 2.29 bits per heavy atom. The maximum Gasteiger partial charge on any atom is 0.131 e. The number of nitrogens with two attached hydrogens (primary N) is 1. The number of likely N-dealkylation sites (tertiary alicyclic amines) is 1. The van der Waals surface area contributed by atoms with Crippen molar-refractivity contribution in [2.75, 3.05) is 13.1 Å². The molecule has 1 aliphatic heterocycles. The molecule has 0 spiro atoms. The van der Waals surface area contributed by atoms with E-state index in [9.17, 15) is 0 Å². The van der Waals surface area contributed by atoms with Crippen molar-refractivity contribution in [1.29, 1.82) is 0 Å². The van der Waals surface area contributed by atoms with E-state index in [4.69, 9.17) is 10.2 Å². The normalized spacial score (nSPS) is 33.9. The van der Waals surface area contributed by atoms with E-state index in [0.29, 0.717) is 12.0 Å². The van der Waals surface area contributed by atoms with Gasteiger partial charge in [0.2, 0.25) is 0 Å². The van der Waals surface area contributed by atoms with Crippen LogP contribution in [-0.4, -0.2) is 24.0 Å². The maximum absolute atomic E-state index is 6.23. The summed E-state index contributed by atoms with van der Waals surface area (Å²) >= 11 is 3.52. The molecule has 0 bridgehead atoms. The molecule has 3 rings (SSSR count). The van der Waals surface area contributed by atoms with Gasteiger partial charge in [-0.1, -0.05) is 6.42 Å². The van der Waals surface area contributed by atoms with Crippen molar-refractivity contribution in [1.82, 2.24) is 4.90 Å². The number of furan rings is 1. The van der Waals surface area contributed by atoms with Gasteiger partial charge in [0.05, 0.1) is 17.3 Å². The number of fused-ring (bicyclic) bond motifs is 1. The van der Waals surface area contributed by atoms with E-state index in [1.165, 1.54) is 25.8 Å². The molecular weight excluding hydrogens is 280 g/mol. The fourth-order valence-corrected chi connectivity index (χ4v) is 3.71. The molecule has 0 amide bonds. The zero-order valence-corrected chi connectivity index (χ0v) is 11.5. The lowest BCUT2D eigenvalue weighted by Gasteiger charge is -2.29. The predicted octanol–water partition coefficient (Wildman–Crippen LogP) is 2.60. The van der Waals surface area contributed by atoms with Crippen molar-refractivity contribution < 1.29 is 4.42 Å². The first-order valence-electron chi connectivity index (χ1n) is 6.44. The number of hydrogen-bond acceptors (Lipinski definition) is 3. The van der Waals surface area contributed by atoms with E-state index in [1.54, 1.807) is 6.26 Å². The van der Waals surface area contributed by atoms with E-state index in [1.807, 2.05) is 6.07 Å². The third-order valence-electron chi connectivity index (χ3n) is 4.29. The molecule has 94 valence electrons. The SMILES string of the molecule is NC1CCCC2CN(Cc3occc3Br)CC12. The lowest BCUT2D eigenvalue weighted by Crippen LogP contribution is -2.38. The van der Waals surface area contributed by atoms with Gasteiger partial charge in [-0.15, -0.1) is 0 Å². The van der Waals surface area contributed by atoms with Crippen LogP contribution in [0, 0.1) is 11.8 Å². The molecule has 2 fully saturated rings. The van der Waals surface area contributed by atoms with Crippen molar-refractivity contribution in [2.45, 2.75) is 31.8 Å². The van der Waals surface area contributed by atoms with Crippen molar-refractivity contribution >= 4 is 15.9 Å². The van der Waals surface area contributed by atoms with Crippen molar-refractivity contribution in [3.8, 4) is 0 Å². The molecule has 4 heteroatoms. The Morgan fingerprint density at radius 3 is 3.00 bits per heavy atom. The molecule has 1 aliphatic carbocycles. The van der Waals surface area contributed by atoms with E-state index < -0.39 is 0 Å². The average Bonchev–Trinajstić information content (AvgIpc) is 2.87. The van der Waals surface area contributed by atoms with Crippen LogP contribution in [0.4, 0.5) is 0 Å². The van der Waals surface area contributed by atoms with Crippen LogP contribution in [0.25, 0.3) is 0 Å². The van der Waals surface area contributed by atoms with Crippen LogP contribution in [0.15, 0.2) is 21.2 Å². The Morgan fingerprint density at radius 1 is 1.41 bits per heavy atom. The molecular formula is C13H19BrN2O. The van der Waals surface area contributed by atoms with Gasteiger partial charge in [0, 0.05) is 19.1 Å². The molecule has 0 radical (unpaired) electrons. The van der Waals surface area contributed by atoms with Crippen LogP contribution in [0.1, 0.15) is 25.0 Å². The second kappa shape index (κ2) is 4.75. The lowest BCUT2D eigenvalue weighted by molar-refractivity contribution is 0.258. The minimum absolute atomic E-state index is 0.416. The Balaban J connectivity index is 1.65. The molecule has 2 aliphatic rings. The van der Waals surface area contributed by atoms with Gasteiger partial charge in [-0.05, 0) is 46.7 Å². The number of rotatable bonds is 2. The number of nitrogens with zero attached hydrogens (tertiary/aromatic N) is 1. The van der Waals surface area contributed by atoms with Crippen LogP contribution >= 0.6 is 15.9 Å². The summed E-state index contributed by atoms with van der Waals surface area (Å²) in [4.78, 5) is 2.49. The highest BCUT2D eigenvalue weighted by atomic mass is 79.9. The van der Waals surface area contributed by atoms with Gasteiger partial charge in [0.15, 0.2) is 0 Å². The number of halogens is 1. The molecule has 3 nitrogen and oxygen atoms in total. The summed E-state index contributed by atoms with van der Waals surface area (Å²) < 4.78 is 6.57. The van der Waals surface area contributed by atoms with E-state index in [0.717, 1.165) is 29.2 Å². The fourth-order valence-electron chi connectivity index (χ4n) is 3.38. The molecule has 1 saturated heterocycles. The van der Waals surface area contributed by atoms with E-state index >= 15 is 0 Å². The molecule has 0 aromatic carbocycles. The molecule has 1 aromatic rings. The minimum Gasteiger partial charge on any atom is -0.467 e. The Bertz CT molecular complexity index is 393. The van der Waals surface area contributed by atoms with Crippen LogP contribution in [0.2, 0.25) is 0 Å². The topological polar surface area (TPSA) is 42.4 Å². The van der Waals surface area contributed by atoms with E-state index in [2.05, 4.69) is 20.8 Å². The van der Waals surface area contributed by atoms with Crippen LogP contribution < -0.4 is 5.73 Å². The summed E-state index contributed by atoms with van der Waals surface area (Å²) in [5.74, 6) is 2.56. The smallest absolute Gasteiger partial charge is 0.131 e. The first-order chi connectivity index (χ1) is 8.24. The number of hydrogen-bond donors (Lipinski definition) is 1. The predicted molar refractivity (Wildman–Crippen MR) is 70.5 cm³/mol. The highest BCUT2D eigenvalue weighted by Crippen LogP contribution is 2.36. The van der Waals surface area contributed by atoms with Crippen molar-refractivity contribution in [3.05, 3.63) is 22.6 Å². The third kappa shape index (κ3) is 2.30. The van der Waals surface area contributed by atoms with Crippen molar-refractivity contribution in [3.63, 3.8) is 0 Å². The lowest BCUT2D eigenvalue weighted by atomic mass is 9.78. The highest BCUT2D eigenvalue weighted by molar-refractivity contribution is 9.10. The standard InChI is InChI=1S/C13H19BrN2O/c14-11-4-5-17-13(11)8-16-6-9-2-1-3-12(15)10(9)7-16/h4-5,9-10,12H,1-3,6-8,15H2. The summed E-state index contributed by atoms with van der Waals surface area (Å²) in [6, 6.07) is 2.38. The largest absolute Gasteiger partial charge is 0.467 e. The maximum atomic E-state index is 6.23. The minimum atomic E-state index is 0.416. The zero-order valence-electron chi connectivity index (χ0n) is 9.94. The van der Waals surface area contributed by atoms with Gasteiger partial charge in [-0.2, -0.15) is 0 Å². The van der Waals surface area contributed by atoms with Crippen LogP contribution in [0.5, 0.6) is 0 Å². The summed E-state index contributed by atoms with van der Waals surface area (Å²) in [7, 11) is 0. The summed E-state index contributed by atoms with van der Waals surface area (Å²) in [6.07, 6.45) is 5.61.